The second kappa shape index (κ2) is 7.63. The third kappa shape index (κ3) is 3.85. The van der Waals surface area contributed by atoms with Crippen LogP contribution in [-0.4, -0.2) is 22.4 Å². The zero-order valence-corrected chi connectivity index (χ0v) is 15.6. The summed E-state index contributed by atoms with van der Waals surface area (Å²) in [7, 11) is 1.64. The molecule has 0 saturated heterocycles. The quantitative estimate of drug-likeness (QED) is 0.555. The average Bonchev–Trinajstić information content (AvgIpc) is 3.28. The van der Waals surface area contributed by atoms with Crippen LogP contribution in [-0.2, 0) is 11.2 Å². The first kappa shape index (κ1) is 17.3. The van der Waals surface area contributed by atoms with Crippen molar-refractivity contribution >= 4 is 22.2 Å². The molecule has 6 heteroatoms. The lowest BCUT2D eigenvalue weighted by Gasteiger charge is -2.20. The number of nitrogens with zero attached hydrogens (tertiary/aromatic N) is 2. The molecule has 2 aromatic carbocycles. The molecule has 27 heavy (non-hydrogen) atoms. The molecule has 0 fully saturated rings. The van der Waals surface area contributed by atoms with Crippen molar-refractivity contribution in [1.82, 2.24) is 14.7 Å². The predicted octanol–water partition coefficient (Wildman–Crippen LogP) is 3.85. The van der Waals surface area contributed by atoms with Gasteiger partial charge in [-0.1, -0.05) is 42.5 Å². The van der Waals surface area contributed by atoms with Crippen LogP contribution in [0.25, 0.3) is 4.96 Å². The Morgan fingerprint density at radius 3 is 2.59 bits per heavy atom. The number of rotatable bonds is 6. The van der Waals surface area contributed by atoms with E-state index < -0.39 is 0 Å². The SMILES string of the molecule is COc1ccc(C(NC(=O)Cc2cn3ccsc3n2)c2ccccc2)cc1. The molecular weight excluding hydrogens is 358 g/mol. The maximum atomic E-state index is 12.7. The minimum Gasteiger partial charge on any atom is -0.497 e. The summed E-state index contributed by atoms with van der Waals surface area (Å²) in [5.41, 5.74) is 2.80. The van der Waals surface area contributed by atoms with Crippen molar-refractivity contribution in [1.29, 1.82) is 0 Å². The van der Waals surface area contributed by atoms with Crippen molar-refractivity contribution in [2.24, 2.45) is 0 Å². The number of benzene rings is 2. The minimum atomic E-state index is -0.228. The van der Waals surface area contributed by atoms with Gasteiger partial charge in [0.05, 0.1) is 25.3 Å². The van der Waals surface area contributed by atoms with E-state index in [1.165, 1.54) is 0 Å². The summed E-state index contributed by atoms with van der Waals surface area (Å²) in [6.45, 7) is 0. The highest BCUT2D eigenvalue weighted by Crippen LogP contribution is 2.24. The minimum absolute atomic E-state index is 0.0644. The van der Waals surface area contributed by atoms with Crippen LogP contribution in [0.4, 0.5) is 0 Å². The lowest BCUT2D eigenvalue weighted by atomic mass is 9.98. The molecule has 2 heterocycles. The smallest absolute Gasteiger partial charge is 0.226 e. The number of aromatic nitrogens is 2. The molecule has 1 amide bonds. The summed E-state index contributed by atoms with van der Waals surface area (Å²) >= 11 is 1.55. The van der Waals surface area contributed by atoms with Gasteiger partial charge in [0, 0.05) is 17.8 Å². The summed E-state index contributed by atoms with van der Waals surface area (Å²) in [5.74, 6) is 0.723. The first-order valence-corrected chi connectivity index (χ1v) is 9.50. The molecule has 0 spiro atoms. The summed E-state index contributed by atoms with van der Waals surface area (Å²) in [6.07, 6.45) is 4.09. The number of amides is 1. The van der Waals surface area contributed by atoms with Crippen LogP contribution >= 0.6 is 11.3 Å². The Hall–Kier alpha value is -3.12. The summed E-state index contributed by atoms with van der Waals surface area (Å²) in [5, 5.41) is 5.12. The normalized spacial score (nSPS) is 12.0. The summed E-state index contributed by atoms with van der Waals surface area (Å²) in [6, 6.07) is 17.5. The molecule has 1 N–H and O–H groups in total. The molecule has 0 bridgehead atoms. The average molecular weight is 377 g/mol. The predicted molar refractivity (Wildman–Crippen MR) is 106 cm³/mol. The highest BCUT2D eigenvalue weighted by molar-refractivity contribution is 7.15. The molecular formula is C21H19N3O2S. The zero-order chi connectivity index (χ0) is 18.6. The van der Waals surface area contributed by atoms with Crippen molar-refractivity contribution < 1.29 is 9.53 Å². The number of methoxy groups -OCH3 is 1. The molecule has 0 aliphatic rings. The number of fused-ring (bicyclic) bond motifs is 1. The standard InChI is InChI=1S/C21H19N3O2S/c1-26-18-9-7-16(8-10-18)20(15-5-3-2-4-6-15)23-19(25)13-17-14-24-11-12-27-21(24)22-17/h2-12,14,20H,13H2,1H3,(H,23,25). The van der Waals surface area contributed by atoms with E-state index in [0.717, 1.165) is 27.5 Å². The molecule has 0 aliphatic carbocycles. The van der Waals surface area contributed by atoms with Gasteiger partial charge in [-0.2, -0.15) is 0 Å². The molecule has 136 valence electrons. The van der Waals surface area contributed by atoms with E-state index in [2.05, 4.69) is 10.3 Å². The summed E-state index contributed by atoms with van der Waals surface area (Å²) in [4.78, 5) is 18.1. The monoisotopic (exact) mass is 377 g/mol. The van der Waals surface area contributed by atoms with Crippen LogP contribution in [0.5, 0.6) is 5.75 Å². The molecule has 0 saturated carbocycles. The van der Waals surface area contributed by atoms with Gasteiger partial charge in [0.15, 0.2) is 4.96 Å². The number of thiazole rings is 1. The van der Waals surface area contributed by atoms with E-state index >= 15 is 0 Å². The highest BCUT2D eigenvalue weighted by Gasteiger charge is 2.18. The van der Waals surface area contributed by atoms with Crippen molar-refractivity contribution in [3.8, 4) is 5.75 Å². The number of hydrogen-bond acceptors (Lipinski definition) is 4. The van der Waals surface area contributed by atoms with Crippen LogP contribution in [0.2, 0.25) is 0 Å². The topological polar surface area (TPSA) is 55.6 Å². The number of carbonyl (C=O) groups is 1. The maximum Gasteiger partial charge on any atom is 0.226 e. The molecule has 4 rings (SSSR count). The molecule has 0 radical (unpaired) electrons. The van der Waals surface area contributed by atoms with E-state index in [0.29, 0.717) is 0 Å². The molecule has 2 aromatic heterocycles. The zero-order valence-electron chi connectivity index (χ0n) is 14.8. The van der Waals surface area contributed by atoms with E-state index in [4.69, 9.17) is 4.74 Å². The lowest BCUT2D eigenvalue weighted by molar-refractivity contribution is -0.121. The second-order valence-corrected chi connectivity index (χ2v) is 7.06. The Labute approximate surface area is 161 Å². The number of imidazole rings is 1. The largest absolute Gasteiger partial charge is 0.497 e. The Morgan fingerprint density at radius 1 is 1.15 bits per heavy atom. The summed E-state index contributed by atoms with van der Waals surface area (Å²) < 4.78 is 7.17. The van der Waals surface area contributed by atoms with Crippen molar-refractivity contribution in [3.05, 3.63) is 89.2 Å². The molecule has 0 aliphatic heterocycles. The number of hydrogen-bond donors (Lipinski definition) is 1. The van der Waals surface area contributed by atoms with E-state index in [-0.39, 0.29) is 18.4 Å². The van der Waals surface area contributed by atoms with Crippen LogP contribution < -0.4 is 10.1 Å². The Kier molecular flexibility index (Phi) is 4.89. The first-order chi connectivity index (χ1) is 13.2. The van der Waals surface area contributed by atoms with Crippen LogP contribution in [0, 0.1) is 0 Å². The van der Waals surface area contributed by atoms with E-state index in [1.54, 1.807) is 18.4 Å². The van der Waals surface area contributed by atoms with Crippen LogP contribution in [0.1, 0.15) is 22.9 Å². The second-order valence-electron chi connectivity index (χ2n) is 6.19. The molecule has 1 atom stereocenters. The Bertz CT molecular complexity index is 1010. The fraction of sp³-hybridized carbons (Fsp3) is 0.143. The van der Waals surface area contributed by atoms with Gasteiger partial charge < -0.3 is 10.1 Å². The van der Waals surface area contributed by atoms with Gasteiger partial charge in [-0.3, -0.25) is 9.20 Å². The molecule has 1 unspecified atom stereocenters. The van der Waals surface area contributed by atoms with Gasteiger partial charge in [0.25, 0.3) is 0 Å². The fourth-order valence-electron chi connectivity index (χ4n) is 3.04. The van der Waals surface area contributed by atoms with E-state index in [1.807, 2.05) is 76.8 Å². The van der Waals surface area contributed by atoms with Crippen molar-refractivity contribution in [3.63, 3.8) is 0 Å². The van der Waals surface area contributed by atoms with Gasteiger partial charge in [-0.05, 0) is 23.3 Å². The fourth-order valence-corrected chi connectivity index (χ4v) is 3.76. The van der Waals surface area contributed by atoms with Gasteiger partial charge in [0.2, 0.25) is 5.91 Å². The Balaban J connectivity index is 1.56. The Morgan fingerprint density at radius 2 is 1.89 bits per heavy atom. The van der Waals surface area contributed by atoms with Gasteiger partial charge >= 0.3 is 0 Å². The van der Waals surface area contributed by atoms with Crippen molar-refractivity contribution in [2.45, 2.75) is 12.5 Å². The molecule has 4 aromatic rings. The van der Waals surface area contributed by atoms with Gasteiger partial charge in [-0.25, -0.2) is 4.98 Å². The van der Waals surface area contributed by atoms with Gasteiger partial charge in [-0.15, -0.1) is 11.3 Å². The number of carbonyl (C=O) groups excluding carboxylic acids is 1. The highest BCUT2D eigenvalue weighted by atomic mass is 32.1. The van der Waals surface area contributed by atoms with Gasteiger partial charge in [0.1, 0.15) is 5.75 Å². The number of nitrogens with one attached hydrogen (secondary N) is 1. The third-order valence-corrected chi connectivity index (χ3v) is 5.14. The maximum absolute atomic E-state index is 12.7. The number of ether oxygens (including phenoxy) is 1. The lowest BCUT2D eigenvalue weighted by Crippen LogP contribution is -2.30. The van der Waals surface area contributed by atoms with E-state index in [9.17, 15) is 4.79 Å². The van der Waals surface area contributed by atoms with Crippen LogP contribution in [0.3, 0.4) is 0 Å². The third-order valence-electron chi connectivity index (χ3n) is 4.37. The van der Waals surface area contributed by atoms with Crippen molar-refractivity contribution in [2.75, 3.05) is 7.11 Å². The molecule has 5 nitrogen and oxygen atoms in total. The van der Waals surface area contributed by atoms with Crippen LogP contribution in [0.15, 0.2) is 72.4 Å². The first-order valence-electron chi connectivity index (χ1n) is 8.62.